The van der Waals surface area contributed by atoms with Gasteiger partial charge in [-0.3, -0.25) is 0 Å². The minimum Gasteiger partial charge on any atom is -0.506 e. The Labute approximate surface area is 82.0 Å². The van der Waals surface area contributed by atoms with Crippen molar-refractivity contribution >= 4 is 10.9 Å². The van der Waals surface area contributed by atoms with Gasteiger partial charge in [-0.25, -0.2) is 4.98 Å². The van der Waals surface area contributed by atoms with Gasteiger partial charge in [0.2, 0.25) is 0 Å². The highest BCUT2D eigenvalue weighted by molar-refractivity contribution is 5.84. The highest BCUT2D eigenvalue weighted by Gasteiger charge is 2.01. The molecule has 0 bridgehead atoms. The van der Waals surface area contributed by atoms with E-state index in [1.807, 2.05) is 18.2 Å². The number of ether oxygens (including phenoxy) is 1. The van der Waals surface area contributed by atoms with Gasteiger partial charge >= 0.3 is 0 Å². The van der Waals surface area contributed by atoms with Crippen molar-refractivity contribution in [1.29, 1.82) is 0 Å². The summed E-state index contributed by atoms with van der Waals surface area (Å²) in [6.07, 6.45) is 0. The van der Waals surface area contributed by atoms with Gasteiger partial charge in [-0.2, -0.15) is 0 Å². The Hall–Kier alpha value is -1.61. The molecule has 0 fully saturated rings. The molecule has 3 nitrogen and oxygen atoms in total. The smallest absolute Gasteiger partial charge is 0.141 e. The van der Waals surface area contributed by atoms with Crippen molar-refractivity contribution in [2.24, 2.45) is 0 Å². The molecule has 0 saturated carbocycles. The average molecular weight is 189 g/mol. The minimum atomic E-state index is 0.209. The van der Waals surface area contributed by atoms with E-state index < -0.39 is 0 Å². The predicted molar refractivity (Wildman–Crippen MR) is 54.1 cm³/mol. The molecule has 1 aromatic heterocycles. The second-order valence-electron chi connectivity index (χ2n) is 3.08. The van der Waals surface area contributed by atoms with Gasteiger partial charge in [0.15, 0.2) is 0 Å². The van der Waals surface area contributed by atoms with Gasteiger partial charge in [0.1, 0.15) is 11.3 Å². The first-order valence-corrected chi connectivity index (χ1v) is 4.38. The molecule has 3 heteroatoms. The largest absolute Gasteiger partial charge is 0.506 e. The Morgan fingerprint density at radius 3 is 2.93 bits per heavy atom. The molecule has 72 valence electrons. The van der Waals surface area contributed by atoms with E-state index in [9.17, 15) is 5.11 Å². The summed E-state index contributed by atoms with van der Waals surface area (Å²) >= 11 is 0. The van der Waals surface area contributed by atoms with Crippen molar-refractivity contribution in [1.82, 2.24) is 4.98 Å². The van der Waals surface area contributed by atoms with Crippen LogP contribution in [0.3, 0.4) is 0 Å². The lowest BCUT2D eigenvalue weighted by molar-refractivity contribution is 0.182. The van der Waals surface area contributed by atoms with Crippen molar-refractivity contribution in [2.45, 2.75) is 6.61 Å². The average Bonchev–Trinajstić information content (AvgIpc) is 2.20. The monoisotopic (exact) mass is 189 g/mol. The van der Waals surface area contributed by atoms with Crippen molar-refractivity contribution in [3.8, 4) is 5.75 Å². The Morgan fingerprint density at radius 1 is 1.29 bits per heavy atom. The maximum Gasteiger partial charge on any atom is 0.141 e. The SMILES string of the molecule is COCc1ccc2cccc(O)c2n1. The second kappa shape index (κ2) is 3.64. The van der Waals surface area contributed by atoms with Crippen LogP contribution >= 0.6 is 0 Å². The number of methoxy groups -OCH3 is 1. The maximum absolute atomic E-state index is 9.56. The summed E-state index contributed by atoms with van der Waals surface area (Å²) < 4.78 is 4.97. The van der Waals surface area contributed by atoms with Crippen LogP contribution < -0.4 is 0 Å². The summed E-state index contributed by atoms with van der Waals surface area (Å²) in [6, 6.07) is 9.17. The number of rotatable bonds is 2. The summed E-state index contributed by atoms with van der Waals surface area (Å²) in [5, 5.41) is 10.5. The third-order valence-electron chi connectivity index (χ3n) is 2.05. The number of para-hydroxylation sites is 1. The predicted octanol–water partition coefficient (Wildman–Crippen LogP) is 2.09. The first kappa shape index (κ1) is 8.97. The molecule has 2 rings (SSSR count). The summed E-state index contributed by atoms with van der Waals surface area (Å²) in [6.45, 7) is 0.463. The van der Waals surface area contributed by atoms with E-state index in [0.29, 0.717) is 12.1 Å². The van der Waals surface area contributed by atoms with Crippen LogP contribution in [0.25, 0.3) is 10.9 Å². The van der Waals surface area contributed by atoms with Gasteiger partial charge in [-0.15, -0.1) is 0 Å². The number of fused-ring (bicyclic) bond motifs is 1. The van der Waals surface area contributed by atoms with Crippen LogP contribution in [-0.2, 0) is 11.3 Å². The number of aromatic hydroxyl groups is 1. The lowest BCUT2D eigenvalue weighted by Crippen LogP contribution is -1.92. The number of aromatic nitrogens is 1. The van der Waals surface area contributed by atoms with Gasteiger partial charge in [0, 0.05) is 12.5 Å². The zero-order chi connectivity index (χ0) is 9.97. The number of phenolic OH excluding ortho intramolecular Hbond substituents is 1. The lowest BCUT2D eigenvalue weighted by Gasteiger charge is -2.02. The minimum absolute atomic E-state index is 0.209. The fourth-order valence-electron chi connectivity index (χ4n) is 1.40. The summed E-state index contributed by atoms with van der Waals surface area (Å²) in [5.41, 5.74) is 1.45. The first-order valence-electron chi connectivity index (χ1n) is 4.38. The molecule has 0 saturated heterocycles. The lowest BCUT2D eigenvalue weighted by atomic mass is 10.2. The van der Waals surface area contributed by atoms with Crippen molar-refractivity contribution < 1.29 is 9.84 Å². The Balaban J connectivity index is 2.58. The quantitative estimate of drug-likeness (QED) is 0.786. The van der Waals surface area contributed by atoms with Crippen molar-refractivity contribution in [3.63, 3.8) is 0 Å². The van der Waals surface area contributed by atoms with Gasteiger partial charge in [0.25, 0.3) is 0 Å². The molecule has 0 atom stereocenters. The van der Waals surface area contributed by atoms with E-state index in [1.54, 1.807) is 19.2 Å². The third kappa shape index (κ3) is 1.54. The maximum atomic E-state index is 9.56. The molecule has 2 aromatic rings. The van der Waals surface area contributed by atoms with Gasteiger partial charge in [-0.05, 0) is 12.1 Å². The standard InChI is InChI=1S/C11H11NO2/c1-14-7-9-6-5-8-3-2-4-10(13)11(8)12-9/h2-6,13H,7H2,1H3. The zero-order valence-corrected chi connectivity index (χ0v) is 7.90. The van der Waals surface area contributed by atoms with E-state index in [2.05, 4.69) is 4.98 Å². The molecule has 1 aromatic carbocycles. The molecule has 0 aliphatic heterocycles. The number of pyridine rings is 1. The molecule has 14 heavy (non-hydrogen) atoms. The summed E-state index contributed by atoms with van der Waals surface area (Å²) in [7, 11) is 1.62. The highest BCUT2D eigenvalue weighted by Crippen LogP contribution is 2.22. The molecular formula is C11H11NO2. The third-order valence-corrected chi connectivity index (χ3v) is 2.05. The van der Waals surface area contributed by atoms with E-state index in [4.69, 9.17) is 4.74 Å². The van der Waals surface area contributed by atoms with Crippen molar-refractivity contribution in [2.75, 3.05) is 7.11 Å². The van der Waals surface area contributed by atoms with Gasteiger partial charge in [-0.1, -0.05) is 18.2 Å². The van der Waals surface area contributed by atoms with Gasteiger partial charge < -0.3 is 9.84 Å². The zero-order valence-electron chi connectivity index (χ0n) is 7.90. The number of benzene rings is 1. The van der Waals surface area contributed by atoms with E-state index in [1.165, 1.54) is 0 Å². The van der Waals surface area contributed by atoms with Crippen LogP contribution in [0.4, 0.5) is 0 Å². The molecule has 0 radical (unpaired) electrons. The molecule has 1 heterocycles. The van der Waals surface area contributed by atoms with Crippen LogP contribution in [0, 0.1) is 0 Å². The van der Waals surface area contributed by atoms with Crippen LogP contribution in [0.15, 0.2) is 30.3 Å². The summed E-state index contributed by atoms with van der Waals surface area (Å²) in [5.74, 6) is 0.209. The number of nitrogens with zero attached hydrogens (tertiary/aromatic N) is 1. The molecule has 0 unspecified atom stereocenters. The van der Waals surface area contributed by atoms with E-state index in [0.717, 1.165) is 11.1 Å². The Morgan fingerprint density at radius 2 is 2.14 bits per heavy atom. The molecule has 0 aliphatic carbocycles. The van der Waals surface area contributed by atoms with E-state index in [-0.39, 0.29) is 5.75 Å². The number of hydrogen-bond acceptors (Lipinski definition) is 3. The molecular weight excluding hydrogens is 178 g/mol. The normalized spacial score (nSPS) is 10.6. The topological polar surface area (TPSA) is 42.4 Å². The molecule has 0 aliphatic rings. The van der Waals surface area contributed by atoms with Crippen LogP contribution in [-0.4, -0.2) is 17.2 Å². The first-order chi connectivity index (χ1) is 6.81. The van der Waals surface area contributed by atoms with Crippen molar-refractivity contribution in [3.05, 3.63) is 36.0 Å². The van der Waals surface area contributed by atoms with E-state index >= 15 is 0 Å². The number of hydrogen-bond donors (Lipinski definition) is 1. The molecule has 0 spiro atoms. The molecule has 0 amide bonds. The summed E-state index contributed by atoms with van der Waals surface area (Å²) in [4.78, 5) is 4.29. The van der Waals surface area contributed by atoms with Crippen LogP contribution in [0.2, 0.25) is 0 Å². The fourth-order valence-corrected chi connectivity index (χ4v) is 1.40. The van der Waals surface area contributed by atoms with Crippen LogP contribution in [0.1, 0.15) is 5.69 Å². The molecule has 1 N–H and O–H groups in total. The Bertz CT molecular complexity index is 454. The number of phenols is 1. The van der Waals surface area contributed by atoms with Crippen LogP contribution in [0.5, 0.6) is 5.75 Å². The highest BCUT2D eigenvalue weighted by atomic mass is 16.5. The fraction of sp³-hybridized carbons (Fsp3) is 0.182. The Kier molecular flexibility index (Phi) is 2.33. The second-order valence-corrected chi connectivity index (χ2v) is 3.08. The van der Waals surface area contributed by atoms with Gasteiger partial charge in [0.05, 0.1) is 12.3 Å².